The van der Waals surface area contributed by atoms with E-state index in [0.29, 0.717) is 0 Å². The van der Waals surface area contributed by atoms with Gasteiger partial charge in [0.25, 0.3) is 0 Å². The molecule has 0 aromatic heterocycles. The Morgan fingerprint density at radius 3 is 2.50 bits per heavy atom. The van der Waals surface area contributed by atoms with Crippen molar-refractivity contribution in [2.24, 2.45) is 0 Å². The van der Waals surface area contributed by atoms with Crippen LogP contribution in [0.25, 0.3) is 0 Å². The molecule has 0 saturated heterocycles. The summed E-state index contributed by atoms with van der Waals surface area (Å²) in [6, 6.07) is 18.0. The summed E-state index contributed by atoms with van der Waals surface area (Å²) in [5, 5.41) is 3.61. The Morgan fingerprint density at radius 2 is 1.75 bits per heavy atom. The highest BCUT2D eigenvalue weighted by Gasteiger charge is 2.25. The first kappa shape index (κ1) is 12.2. The fourth-order valence-electron chi connectivity index (χ4n) is 3.26. The molecule has 0 radical (unpaired) electrons. The lowest BCUT2D eigenvalue weighted by molar-refractivity contribution is 0.535. The van der Waals surface area contributed by atoms with Crippen LogP contribution >= 0.6 is 0 Å². The number of nitrogens with one attached hydrogen (secondary N) is 1. The van der Waals surface area contributed by atoms with Crippen LogP contribution in [0.1, 0.15) is 46.9 Å². The van der Waals surface area contributed by atoms with Crippen molar-refractivity contribution in [2.75, 3.05) is 6.54 Å². The third-order valence-electron chi connectivity index (χ3n) is 4.71. The van der Waals surface area contributed by atoms with Crippen LogP contribution in [0.4, 0.5) is 0 Å². The molecule has 1 saturated carbocycles. The highest BCUT2D eigenvalue weighted by Crippen LogP contribution is 2.39. The second-order valence-corrected chi connectivity index (χ2v) is 6.25. The van der Waals surface area contributed by atoms with Crippen LogP contribution in [0.5, 0.6) is 0 Å². The molecule has 1 fully saturated rings. The first-order chi connectivity index (χ1) is 9.90. The molecule has 20 heavy (non-hydrogen) atoms. The first-order valence-electron chi connectivity index (χ1n) is 7.77. The Kier molecular flexibility index (Phi) is 3.08. The molecule has 1 heteroatoms. The number of benzene rings is 2. The van der Waals surface area contributed by atoms with Crippen LogP contribution in [0.15, 0.2) is 48.5 Å². The SMILES string of the molecule is c1ccc2c(c1)CC2CNCc1ccc(C2CC2)cc1. The lowest BCUT2D eigenvalue weighted by Gasteiger charge is -2.30. The van der Waals surface area contributed by atoms with Crippen molar-refractivity contribution in [3.05, 3.63) is 70.8 Å². The Balaban J connectivity index is 1.29. The fraction of sp³-hybridized carbons (Fsp3) is 0.368. The van der Waals surface area contributed by atoms with Crippen molar-refractivity contribution in [1.82, 2.24) is 5.32 Å². The van der Waals surface area contributed by atoms with E-state index in [1.807, 2.05) is 0 Å². The van der Waals surface area contributed by atoms with Gasteiger partial charge in [-0.1, -0.05) is 48.5 Å². The smallest absolute Gasteiger partial charge is 0.0205 e. The second kappa shape index (κ2) is 5.06. The summed E-state index contributed by atoms with van der Waals surface area (Å²) in [5.41, 5.74) is 6.01. The summed E-state index contributed by atoms with van der Waals surface area (Å²) < 4.78 is 0. The van der Waals surface area contributed by atoms with Crippen LogP contribution in [0, 0.1) is 0 Å². The molecule has 1 nitrogen and oxygen atoms in total. The summed E-state index contributed by atoms with van der Waals surface area (Å²) in [4.78, 5) is 0. The number of fused-ring (bicyclic) bond motifs is 1. The topological polar surface area (TPSA) is 12.0 Å². The molecule has 1 N–H and O–H groups in total. The van der Waals surface area contributed by atoms with E-state index in [9.17, 15) is 0 Å². The maximum absolute atomic E-state index is 3.61. The number of hydrogen-bond acceptors (Lipinski definition) is 1. The van der Waals surface area contributed by atoms with Gasteiger partial charge in [-0.05, 0) is 47.4 Å². The molecule has 0 spiro atoms. The molecule has 2 aliphatic rings. The summed E-state index contributed by atoms with van der Waals surface area (Å²) in [7, 11) is 0. The quantitative estimate of drug-likeness (QED) is 0.860. The highest BCUT2D eigenvalue weighted by molar-refractivity contribution is 5.40. The predicted molar refractivity (Wildman–Crippen MR) is 83.0 cm³/mol. The summed E-state index contributed by atoms with van der Waals surface area (Å²) in [6.07, 6.45) is 4.02. The molecular formula is C19H21N. The van der Waals surface area contributed by atoms with Crippen LogP contribution in [0.3, 0.4) is 0 Å². The fourth-order valence-corrected chi connectivity index (χ4v) is 3.26. The van der Waals surface area contributed by atoms with Gasteiger partial charge in [0.05, 0.1) is 0 Å². The Hall–Kier alpha value is -1.60. The third kappa shape index (κ3) is 2.38. The number of rotatable bonds is 5. The van der Waals surface area contributed by atoms with E-state index in [2.05, 4.69) is 53.8 Å². The van der Waals surface area contributed by atoms with Gasteiger partial charge in [-0.15, -0.1) is 0 Å². The zero-order valence-electron chi connectivity index (χ0n) is 11.8. The lowest BCUT2D eigenvalue weighted by Crippen LogP contribution is -2.28. The Bertz CT molecular complexity index is 595. The van der Waals surface area contributed by atoms with E-state index in [-0.39, 0.29) is 0 Å². The van der Waals surface area contributed by atoms with Crippen LogP contribution in [-0.2, 0) is 13.0 Å². The zero-order valence-corrected chi connectivity index (χ0v) is 11.8. The largest absolute Gasteiger partial charge is 0.312 e. The van der Waals surface area contributed by atoms with Gasteiger partial charge in [-0.25, -0.2) is 0 Å². The van der Waals surface area contributed by atoms with Gasteiger partial charge < -0.3 is 5.32 Å². The normalized spacial score (nSPS) is 20.3. The summed E-state index contributed by atoms with van der Waals surface area (Å²) in [6.45, 7) is 2.09. The summed E-state index contributed by atoms with van der Waals surface area (Å²) in [5.74, 6) is 1.58. The third-order valence-corrected chi connectivity index (χ3v) is 4.71. The van der Waals surface area contributed by atoms with E-state index >= 15 is 0 Å². The van der Waals surface area contributed by atoms with Gasteiger partial charge in [0, 0.05) is 19.0 Å². The standard InChI is InChI=1S/C19H21N/c1-2-4-19-17(3-1)11-18(19)13-20-12-14-5-7-15(8-6-14)16-9-10-16/h1-8,16,18,20H,9-13H2. The predicted octanol–water partition coefficient (Wildman–Crippen LogP) is 3.99. The van der Waals surface area contributed by atoms with Crippen molar-refractivity contribution in [2.45, 2.75) is 37.6 Å². The maximum atomic E-state index is 3.61. The minimum atomic E-state index is 0.719. The lowest BCUT2D eigenvalue weighted by atomic mass is 9.77. The van der Waals surface area contributed by atoms with E-state index in [0.717, 1.165) is 24.9 Å². The van der Waals surface area contributed by atoms with Crippen LogP contribution < -0.4 is 5.32 Å². The van der Waals surface area contributed by atoms with E-state index in [4.69, 9.17) is 0 Å². The van der Waals surface area contributed by atoms with Gasteiger partial charge in [-0.2, -0.15) is 0 Å². The average molecular weight is 263 g/mol. The number of hydrogen-bond donors (Lipinski definition) is 1. The Morgan fingerprint density at radius 1 is 0.950 bits per heavy atom. The molecule has 2 aromatic carbocycles. The molecule has 1 atom stereocenters. The maximum Gasteiger partial charge on any atom is 0.0205 e. The van der Waals surface area contributed by atoms with E-state index in [1.165, 1.54) is 36.0 Å². The molecule has 0 aliphatic heterocycles. The monoisotopic (exact) mass is 263 g/mol. The molecule has 2 aromatic rings. The van der Waals surface area contributed by atoms with Gasteiger partial charge in [0.2, 0.25) is 0 Å². The van der Waals surface area contributed by atoms with Gasteiger partial charge in [0.15, 0.2) is 0 Å². The summed E-state index contributed by atoms with van der Waals surface area (Å²) >= 11 is 0. The van der Waals surface area contributed by atoms with Crippen molar-refractivity contribution in [3.8, 4) is 0 Å². The van der Waals surface area contributed by atoms with Crippen molar-refractivity contribution < 1.29 is 0 Å². The van der Waals surface area contributed by atoms with Crippen molar-refractivity contribution in [3.63, 3.8) is 0 Å². The molecule has 0 heterocycles. The molecule has 4 rings (SSSR count). The second-order valence-electron chi connectivity index (χ2n) is 6.25. The molecular weight excluding hydrogens is 242 g/mol. The van der Waals surface area contributed by atoms with Crippen molar-refractivity contribution in [1.29, 1.82) is 0 Å². The highest BCUT2D eigenvalue weighted by atomic mass is 14.9. The van der Waals surface area contributed by atoms with Crippen molar-refractivity contribution >= 4 is 0 Å². The Labute approximate surface area is 121 Å². The zero-order chi connectivity index (χ0) is 13.4. The van der Waals surface area contributed by atoms with E-state index in [1.54, 1.807) is 5.56 Å². The molecule has 2 aliphatic carbocycles. The molecule has 102 valence electrons. The minimum Gasteiger partial charge on any atom is -0.312 e. The van der Waals surface area contributed by atoms with Gasteiger partial charge in [-0.3, -0.25) is 0 Å². The first-order valence-corrected chi connectivity index (χ1v) is 7.77. The molecule has 1 unspecified atom stereocenters. The minimum absolute atomic E-state index is 0.719. The van der Waals surface area contributed by atoms with E-state index < -0.39 is 0 Å². The molecule has 0 amide bonds. The van der Waals surface area contributed by atoms with Crippen LogP contribution in [0.2, 0.25) is 0 Å². The average Bonchev–Trinajstić information content (AvgIpc) is 3.29. The van der Waals surface area contributed by atoms with Gasteiger partial charge in [0.1, 0.15) is 0 Å². The molecule has 0 bridgehead atoms. The van der Waals surface area contributed by atoms with Gasteiger partial charge >= 0.3 is 0 Å². The van der Waals surface area contributed by atoms with Crippen LogP contribution in [-0.4, -0.2) is 6.54 Å².